The Labute approximate surface area is 254 Å². The Morgan fingerprint density at radius 3 is 1.19 bits per heavy atom. The van der Waals surface area contributed by atoms with Gasteiger partial charge in [0, 0.05) is 6.61 Å². The van der Waals surface area contributed by atoms with Crippen LogP contribution in [-0.2, 0) is 23.7 Å². The summed E-state index contributed by atoms with van der Waals surface area (Å²) in [4.78, 5) is 25.8. The maximum atomic E-state index is 12.3. The van der Waals surface area contributed by atoms with E-state index in [0.717, 1.165) is 13.0 Å². The number of carbonyl (C=O) groups excluding carboxylic acids is 2. The second-order valence-electron chi connectivity index (χ2n) is 11.0. The van der Waals surface area contributed by atoms with Gasteiger partial charge in [-0.3, -0.25) is 14.5 Å². The molecule has 0 atom stereocenters. The van der Waals surface area contributed by atoms with Crippen molar-refractivity contribution in [2.75, 3.05) is 72.6 Å². The van der Waals surface area contributed by atoms with E-state index in [1.807, 2.05) is 0 Å². The van der Waals surface area contributed by atoms with E-state index in [0.29, 0.717) is 64.0 Å². The quantitative estimate of drug-likeness (QED) is 0.0715. The highest BCUT2D eigenvalue weighted by molar-refractivity contribution is 6.21. The Morgan fingerprint density at radius 2 is 0.786 bits per heavy atom. The maximum Gasteiger partial charge on any atom is 0.261 e. The fraction of sp³-hybridized carbons (Fsp3) is 0.765. The van der Waals surface area contributed by atoms with Gasteiger partial charge in [-0.05, 0) is 18.6 Å². The predicted molar refractivity (Wildman–Crippen MR) is 166 cm³/mol. The number of amides is 2. The third-order valence-electron chi connectivity index (χ3n) is 7.47. The largest absolute Gasteiger partial charge is 0.379 e. The fourth-order valence-corrected chi connectivity index (χ4v) is 4.98. The molecule has 0 aromatic heterocycles. The molecule has 0 saturated carbocycles. The molecular weight excluding hydrogens is 534 g/mol. The minimum absolute atomic E-state index is 0.236. The number of hydrogen-bond donors (Lipinski definition) is 0. The van der Waals surface area contributed by atoms with Gasteiger partial charge >= 0.3 is 0 Å². The summed E-state index contributed by atoms with van der Waals surface area (Å²) in [7, 11) is 0. The number of imide groups is 1. The smallest absolute Gasteiger partial charge is 0.261 e. The number of fused-ring (bicyclic) bond motifs is 1. The molecule has 1 heterocycles. The first-order valence-corrected chi connectivity index (χ1v) is 16.6. The van der Waals surface area contributed by atoms with Crippen molar-refractivity contribution in [1.82, 2.24) is 4.90 Å². The van der Waals surface area contributed by atoms with Crippen molar-refractivity contribution in [2.45, 2.75) is 96.8 Å². The molecule has 240 valence electrons. The van der Waals surface area contributed by atoms with Gasteiger partial charge in [-0.25, -0.2) is 0 Å². The molecule has 0 radical (unpaired) electrons. The van der Waals surface area contributed by atoms with Gasteiger partial charge in [-0.15, -0.1) is 0 Å². The van der Waals surface area contributed by atoms with Crippen molar-refractivity contribution in [1.29, 1.82) is 0 Å². The first kappa shape index (κ1) is 36.4. The molecule has 42 heavy (non-hydrogen) atoms. The number of rotatable bonds is 30. The van der Waals surface area contributed by atoms with Crippen LogP contribution >= 0.6 is 0 Å². The van der Waals surface area contributed by atoms with Crippen molar-refractivity contribution in [2.24, 2.45) is 0 Å². The Balaban J connectivity index is 1.21. The van der Waals surface area contributed by atoms with E-state index in [1.165, 1.54) is 88.4 Å². The van der Waals surface area contributed by atoms with E-state index in [-0.39, 0.29) is 25.0 Å². The number of carbonyl (C=O) groups is 2. The normalized spacial score (nSPS) is 12.9. The number of ether oxygens (including phenoxy) is 5. The first-order valence-electron chi connectivity index (χ1n) is 16.6. The van der Waals surface area contributed by atoms with Crippen molar-refractivity contribution in [3.8, 4) is 0 Å². The third-order valence-corrected chi connectivity index (χ3v) is 7.47. The second kappa shape index (κ2) is 25.6. The monoisotopic (exact) mass is 591 g/mol. The van der Waals surface area contributed by atoms with Crippen LogP contribution in [0.15, 0.2) is 24.3 Å². The summed E-state index contributed by atoms with van der Waals surface area (Å²) in [5, 5.41) is 0. The molecule has 8 heteroatoms. The van der Waals surface area contributed by atoms with Gasteiger partial charge in [0.2, 0.25) is 0 Å². The number of hydrogen-bond acceptors (Lipinski definition) is 7. The summed E-state index contributed by atoms with van der Waals surface area (Å²) in [5.41, 5.74) is 0.917. The first-order chi connectivity index (χ1) is 20.8. The molecule has 2 rings (SSSR count). The SMILES string of the molecule is CCCCCCCCCCCCCCCCOCCOCCOCCOCCOCCN1C(=O)c2ccccc2C1=O. The molecule has 0 bridgehead atoms. The van der Waals surface area contributed by atoms with E-state index in [4.69, 9.17) is 23.7 Å². The standard InChI is InChI=1S/C34H57NO7/c1-2-3-4-5-6-7-8-9-10-11-12-13-14-17-21-38-23-25-40-27-29-42-30-28-41-26-24-39-22-20-35-33(36)31-18-15-16-19-32(31)34(35)37/h15-16,18-19H,2-14,17,20-30H2,1H3. The average Bonchev–Trinajstić information content (AvgIpc) is 3.25. The van der Waals surface area contributed by atoms with Crippen molar-refractivity contribution in [3.63, 3.8) is 0 Å². The zero-order valence-corrected chi connectivity index (χ0v) is 26.3. The number of nitrogens with zero attached hydrogens (tertiary/aromatic N) is 1. The summed E-state index contributed by atoms with van der Waals surface area (Å²) in [6.07, 6.45) is 19.2. The lowest BCUT2D eigenvalue weighted by atomic mass is 10.0. The molecule has 2 amide bonds. The summed E-state index contributed by atoms with van der Waals surface area (Å²) in [6.45, 7) is 7.71. The summed E-state index contributed by atoms with van der Waals surface area (Å²) < 4.78 is 27.7. The highest BCUT2D eigenvalue weighted by atomic mass is 16.6. The van der Waals surface area contributed by atoms with E-state index in [2.05, 4.69) is 6.92 Å². The van der Waals surface area contributed by atoms with Crippen LogP contribution in [0.5, 0.6) is 0 Å². The van der Waals surface area contributed by atoms with Crippen LogP contribution < -0.4 is 0 Å². The van der Waals surface area contributed by atoms with Crippen LogP contribution in [0.1, 0.15) is 118 Å². The predicted octanol–water partition coefficient (Wildman–Crippen LogP) is 6.85. The zero-order valence-electron chi connectivity index (χ0n) is 26.3. The van der Waals surface area contributed by atoms with Crippen molar-refractivity contribution in [3.05, 3.63) is 35.4 Å². The molecule has 1 aromatic rings. The number of benzene rings is 1. The van der Waals surface area contributed by atoms with Crippen LogP contribution in [0.25, 0.3) is 0 Å². The van der Waals surface area contributed by atoms with Gasteiger partial charge in [-0.2, -0.15) is 0 Å². The molecular formula is C34H57NO7. The highest BCUT2D eigenvalue weighted by Gasteiger charge is 2.34. The summed E-state index contributed by atoms with van der Waals surface area (Å²) >= 11 is 0. The molecule has 1 aromatic carbocycles. The van der Waals surface area contributed by atoms with E-state index < -0.39 is 0 Å². The highest BCUT2D eigenvalue weighted by Crippen LogP contribution is 2.21. The topological polar surface area (TPSA) is 83.5 Å². The lowest BCUT2D eigenvalue weighted by Gasteiger charge is -2.13. The Kier molecular flexibility index (Phi) is 22.2. The molecule has 0 N–H and O–H groups in total. The average molecular weight is 592 g/mol. The fourth-order valence-electron chi connectivity index (χ4n) is 4.98. The van der Waals surface area contributed by atoms with E-state index in [9.17, 15) is 9.59 Å². The van der Waals surface area contributed by atoms with Gasteiger partial charge in [0.25, 0.3) is 11.8 Å². The molecule has 1 aliphatic heterocycles. The minimum Gasteiger partial charge on any atom is -0.379 e. The third kappa shape index (κ3) is 16.7. The molecule has 1 aliphatic rings. The molecule has 8 nitrogen and oxygen atoms in total. The van der Waals surface area contributed by atoms with Crippen LogP contribution in [0, 0.1) is 0 Å². The van der Waals surface area contributed by atoms with Crippen LogP contribution in [0.2, 0.25) is 0 Å². The lowest BCUT2D eigenvalue weighted by Crippen LogP contribution is -2.33. The van der Waals surface area contributed by atoms with Crippen LogP contribution in [0.3, 0.4) is 0 Å². The Hall–Kier alpha value is -1.84. The van der Waals surface area contributed by atoms with Crippen LogP contribution in [-0.4, -0.2) is 89.3 Å². The van der Waals surface area contributed by atoms with Crippen molar-refractivity contribution >= 4 is 11.8 Å². The zero-order chi connectivity index (χ0) is 29.9. The summed E-state index contributed by atoms with van der Waals surface area (Å²) in [5.74, 6) is -0.520. The van der Waals surface area contributed by atoms with E-state index in [1.54, 1.807) is 24.3 Å². The minimum atomic E-state index is -0.260. The molecule has 0 fully saturated rings. The van der Waals surface area contributed by atoms with Gasteiger partial charge in [0.05, 0.1) is 77.1 Å². The molecule has 0 unspecified atom stereocenters. The second-order valence-corrected chi connectivity index (χ2v) is 11.0. The van der Waals surface area contributed by atoms with Crippen molar-refractivity contribution < 1.29 is 33.3 Å². The van der Waals surface area contributed by atoms with Gasteiger partial charge in [-0.1, -0.05) is 103 Å². The van der Waals surface area contributed by atoms with Crippen LogP contribution in [0.4, 0.5) is 0 Å². The van der Waals surface area contributed by atoms with Gasteiger partial charge in [0.1, 0.15) is 0 Å². The maximum absolute atomic E-state index is 12.3. The molecule has 0 aliphatic carbocycles. The molecule has 0 saturated heterocycles. The van der Waals surface area contributed by atoms with Gasteiger partial charge < -0.3 is 23.7 Å². The van der Waals surface area contributed by atoms with Gasteiger partial charge in [0.15, 0.2) is 0 Å². The van der Waals surface area contributed by atoms with E-state index >= 15 is 0 Å². The Bertz CT molecular complexity index is 784. The molecule has 0 spiro atoms. The Morgan fingerprint density at radius 1 is 0.452 bits per heavy atom. The lowest BCUT2D eigenvalue weighted by molar-refractivity contribution is -0.0119. The number of unbranched alkanes of at least 4 members (excludes halogenated alkanes) is 13. The summed E-state index contributed by atoms with van der Waals surface area (Å²) in [6, 6.07) is 6.87.